The SMILES string of the molecule is N#Cc1ccc(-c2ncc(CNC(=O)c3ccc4c(c3)NC(=O)c3ccccc3S4(=O)=O)cn2)cc1.NC(=O)c1ccc(-c2ncc(CNC(=O)c3ccc4c(c3)NC(=O)c3ccccc3S4(=O)=O)cn2)cc1. The lowest BCUT2D eigenvalue weighted by Gasteiger charge is -2.10. The molecule has 360 valence electrons. The predicted octanol–water partition coefficient (Wildman–Crippen LogP) is 5.91. The van der Waals surface area contributed by atoms with Crippen LogP contribution < -0.4 is 27.0 Å². The van der Waals surface area contributed by atoms with Crippen molar-refractivity contribution in [3.63, 3.8) is 0 Å². The maximum atomic E-state index is 13.1. The zero-order valence-electron chi connectivity index (χ0n) is 37.7. The molecule has 0 aliphatic carbocycles. The van der Waals surface area contributed by atoms with Crippen molar-refractivity contribution in [1.82, 2.24) is 30.6 Å². The number of nitriles is 1. The van der Waals surface area contributed by atoms with Crippen LogP contribution in [-0.4, -0.2) is 66.3 Å². The lowest BCUT2D eigenvalue weighted by atomic mass is 10.1. The molecule has 21 heteroatoms. The molecule has 0 radical (unpaired) electrons. The maximum absolute atomic E-state index is 13.1. The summed E-state index contributed by atoms with van der Waals surface area (Å²) in [5, 5.41) is 19.6. The van der Waals surface area contributed by atoms with Crippen molar-refractivity contribution in [3.8, 4) is 28.8 Å². The number of amides is 5. The third-order valence-electron chi connectivity index (χ3n) is 11.4. The number of primary amides is 1. The van der Waals surface area contributed by atoms with E-state index in [1.54, 1.807) is 97.6 Å². The molecule has 10 rings (SSSR count). The minimum atomic E-state index is -3.96. The van der Waals surface area contributed by atoms with Crippen molar-refractivity contribution in [3.05, 3.63) is 203 Å². The highest BCUT2D eigenvalue weighted by Crippen LogP contribution is 2.36. The smallest absolute Gasteiger partial charge is 0.257 e. The van der Waals surface area contributed by atoms with Crippen LogP contribution in [0.2, 0.25) is 0 Å². The van der Waals surface area contributed by atoms with Crippen LogP contribution in [0.4, 0.5) is 11.4 Å². The Balaban J connectivity index is 0.000000180. The number of carbonyl (C=O) groups excluding carboxylic acids is 5. The monoisotopic (exact) mass is 1010 g/mol. The van der Waals surface area contributed by atoms with Crippen molar-refractivity contribution in [1.29, 1.82) is 5.26 Å². The number of fused-ring (bicyclic) bond motifs is 4. The average molecular weight is 1010 g/mol. The van der Waals surface area contributed by atoms with E-state index in [2.05, 4.69) is 47.3 Å². The maximum Gasteiger partial charge on any atom is 0.257 e. The third-order valence-corrected chi connectivity index (χ3v) is 15.2. The fourth-order valence-corrected chi connectivity index (χ4v) is 10.8. The number of hydrogen-bond donors (Lipinski definition) is 5. The Morgan fingerprint density at radius 2 is 0.904 bits per heavy atom. The number of rotatable bonds is 9. The highest BCUT2D eigenvalue weighted by atomic mass is 32.2. The molecule has 5 amide bonds. The van der Waals surface area contributed by atoms with Gasteiger partial charge in [-0.25, -0.2) is 36.8 Å². The third kappa shape index (κ3) is 10.00. The standard InChI is InChI=1S/C26H19N5O5S.C26H17N5O4S/c27-23(32)16-5-7-17(8-6-16)24-28-12-15(13-29-24)14-30-25(33)18-9-10-22-20(11-18)31-26(34)19-3-1-2-4-21(19)37(22,35)36;27-12-16-5-7-18(8-6-16)24-28-13-17(14-29-24)15-30-25(32)19-9-10-23-21(11-19)31-26(33)20-3-1-2-4-22(20)36(23,34)35/h1-13H,14H2,(H2,27,32)(H,30,33)(H,31,34);1-11,13-14H,15H2,(H,30,32)(H,31,33). The van der Waals surface area contributed by atoms with E-state index in [4.69, 9.17) is 11.0 Å². The van der Waals surface area contributed by atoms with Gasteiger partial charge in [0, 0.05) is 76.8 Å². The Labute approximate surface area is 416 Å². The summed E-state index contributed by atoms with van der Waals surface area (Å²) < 4.78 is 52.4. The van der Waals surface area contributed by atoms with Crippen LogP contribution in [0.1, 0.15) is 68.5 Å². The van der Waals surface area contributed by atoms with Crippen LogP contribution in [0.5, 0.6) is 0 Å². The summed E-state index contributed by atoms with van der Waals surface area (Å²) in [6.07, 6.45) is 6.29. The van der Waals surface area contributed by atoms with E-state index >= 15 is 0 Å². The van der Waals surface area contributed by atoms with E-state index in [1.807, 2.05) is 0 Å². The Bertz CT molecular complexity index is 3830. The summed E-state index contributed by atoms with van der Waals surface area (Å²) in [4.78, 5) is 78.8. The lowest BCUT2D eigenvalue weighted by molar-refractivity contribution is 0.0942. The molecule has 2 aliphatic rings. The first-order chi connectivity index (χ1) is 35.1. The summed E-state index contributed by atoms with van der Waals surface area (Å²) in [5.41, 5.74) is 9.42. The number of benzene rings is 6. The Morgan fingerprint density at radius 1 is 0.521 bits per heavy atom. The first kappa shape index (κ1) is 48.3. The molecule has 4 heterocycles. The van der Waals surface area contributed by atoms with Crippen LogP contribution in [0.15, 0.2) is 178 Å². The number of nitrogens with one attached hydrogen (secondary N) is 4. The van der Waals surface area contributed by atoms with Crippen LogP contribution in [0.3, 0.4) is 0 Å². The Kier molecular flexibility index (Phi) is 13.2. The first-order valence-corrected chi connectivity index (χ1v) is 24.8. The van der Waals surface area contributed by atoms with Gasteiger partial charge in [-0.2, -0.15) is 5.26 Å². The number of anilines is 2. The molecule has 73 heavy (non-hydrogen) atoms. The fourth-order valence-electron chi connectivity index (χ4n) is 7.64. The zero-order valence-corrected chi connectivity index (χ0v) is 39.4. The molecule has 19 nitrogen and oxygen atoms in total. The fraction of sp³-hybridized carbons (Fsp3) is 0.0385. The van der Waals surface area contributed by atoms with E-state index in [1.165, 1.54) is 60.7 Å². The normalized spacial score (nSPS) is 13.4. The number of aromatic nitrogens is 4. The molecule has 0 saturated carbocycles. The number of carbonyl (C=O) groups is 5. The van der Waals surface area contributed by atoms with Gasteiger partial charge in [0.2, 0.25) is 25.6 Å². The van der Waals surface area contributed by atoms with Gasteiger partial charge in [0.1, 0.15) is 0 Å². The summed E-state index contributed by atoms with van der Waals surface area (Å²) in [6, 6.07) is 35.5. The van der Waals surface area contributed by atoms with Crippen molar-refractivity contribution < 1.29 is 40.8 Å². The second-order valence-electron chi connectivity index (χ2n) is 16.2. The van der Waals surface area contributed by atoms with E-state index in [0.717, 1.165) is 5.56 Å². The van der Waals surface area contributed by atoms with Gasteiger partial charge in [-0.1, -0.05) is 36.4 Å². The van der Waals surface area contributed by atoms with Crippen molar-refractivity contribution in [2.45, 2.75) is 32.7 Å². The first-order valence-electron chi connectivity index (χ1n) is 21.8. The number of hydrogen-bond acceptors (Lipinski definition) is 14. The van der Waals surface area contributed by atoms with Crippen LogP contribution in [0.25, 0.3) is 22.8 Å². The number of sulfone groups is 2. The summed E-state index contributed by atoms with van der Waals surface area (Å²) in [6.45, 7) is 0.257. The summed E-state index contributed by atoms with van der Waals surface area (Å²) >= 11 is 0. The Morgan fingerprint density at radius 3 is 1.30 bits per heavy atom. The largest absolute Gasteiger partial charge is 0.366 e. The highest BCUT2D eigenvalue weighted by molar-refractivity contribution is 7.92. The predicted molar refractivity (Wildman–Crippen MR) is 263 cm³/mol. The number of nitrogens with zero attached hydrogens (tertiary/aromatic N) is 5. The van der Waals surface area contributed by atoms with Crippen LogP contribution in [-0.2, 0) is 32.8 Å². The molecule has 6 N–H and O–H groups in total. The molecule has 2 aliphatic heterocycles. The van der Waals surface area contributed by atoms with Crippen molar-refractivity contribution in [2.24, 2.45) is 5.73 Å². The molecule has 0 bridgehead atoms. The average Bonchev–Trinajstić information content (AvgIpc) is 3.55. The van der Waals surface area contributed by atoms with E-state index < -0.39 is 49.2 Å². The van der Waals surface area contributed by atoms with E-state index in [-0.39, 0.29) is 66.3 Å². The topological polar surface area (TPSA) is 303 Å². The molecule has 2 aromatic heterocycles. The minimum absolute atomic E-state index is 0.0314. The molecule has 6 aromatic carbocycles. The molecule has 0 fully saturated rings. The van der Waals surface area contributed by atoms with E-state index in [9.17, 15) is 40.8 Å². The van der Waals surface area contributed by atoms with Gasteiger partial charge in [-0.3, -0.25) is 24.0 Å². The second kappa shape index (κ2) is 19.9. The minimum Gasteiger partial charge on any atom is -0.366 e. The zero-order chi connectivity index (χ0) is 51.4. The summed E-state index contributed by atoms with van der Waals surface area (Å²) in [5.74, 6) is -1.66. The molecule has 0 spiro atoms. The molecule has 0 saturated heterocycles. The molecule has 0 atom stereocenters. The van der Waals surface area contributed by atoms with Gasteiger partial charge >= 0.3 is 0 Å². The summed E-state index contributed by atoms with van der Waals surface area (Å²) in [7, 11) is -7.90. The van der Waals surface area contributed by atoms with Gasteiger partial charge in [0.05, 0.1) is 53.7 Å². The quantitative estimate of drug-likeness (QED) is 0.112. The van der Waals surface area contributed by atoms with Gasteiger partial charge in [0.15, 0.2) is 11.6 Å². The van der Waals surface area contributed by atoms with Gasteiger partial charge in [-0.05, 0) is 97.1 Å². The molecule has 8 aromatic rings. The molecule has 0 unspecified atom stereocenters. The Hall–Kier alpha value is -9.78. The van der Waals surface area contributed by atoms with Gasteiger partial charge < -0.3 is 27.0 Å². The van der Waals surface area contributed by atoms with E-state index in [0.29, 0.717) is 39.5 Å². The molecular weight excluding hydrogens is 973 g/mol. The highest BCUT2D eigenvalue weighted by Gasteiger charge is 2.33. The van der Waals surface area contributed by atoms with Crippen LogP contribution >= 0.6 is 0 Å². The van der Waals surface area contributed by atoms with Crippen LogP contribution in [0, 0.1) is 11.3 Å². The molecular formula is C52H36N10O9S2. The lowest BCUT2D eigenvalue weighted by Crippen LogP contribution is -2.23. The van der Waals surface area contributed by atoms with Crippen molar-refractivity contribution in [2.75, 3.05) is 10.6 Å². The van der Waals surface area contributed by atoms with Crippen molar-refractivity contribution >= 4 is 60.6 Å². The number of nitrogens with two attached hydrogens (primary N) is 1. The second-order valence-corrected chi connectivity index (χ2v) is 19.9. The van der Waals surface area contributed by atoms with Gasteiger partial charge in [-0.15, -0.1) is 0 Å². The van der Waals surface area contributed by atoms with Gasteiger partial charge in [0.25, 0.3) is 23.6 Å².